The molecule has 1 atom stereocenters. The van der Waals surface area contributed by atoms with Gasteiger partial charge in [-0.2, -0.15) is 0 Å². The summed E-state index contributed by atoms with van der Waals surface area (Å²) in [5, 5.41) is 13.4. The first-order chi connectivity index (χ1) is 15.8. The summed E-state index contributed by atoms with van der Waals surface area (Å²) in [5.74, 6) is -1.13. The predicted molar refractivity (Wildman–Crippen MR) is 131 cm³/mol. The van der Waals surface area contributed by atoms with Crippen molar-refractivity contribution in [2.45, 2.75) is 36.6 Å². The van der Waals surface area contributed by atoms with Gasteiger partial charge in [0.05, 0.1) is 36.1 Å². The fourth-order valence-corrected chi connectivity index (χ4v) is 5.00. The normalized spacial score (nSPS) is 16.0. The summed E-state index contributed by atoms with van der Waals surface area (Å²) < 4.78 is 6.61. The molecule has 0 bridgehead atoms. The van der Waals surface area contributed by atoms with Crippen LogP contribution in [0, 0.1) is 0 Å². The molecular formula is C25H29N3O4S. The maximum absolute atomic E-state index is 13.4. The molecule has 8 heteroatoms. The number of morpholine rings is 1. The Hall–Kier alpha value is -2.81. The van der Waals surface area contributed by atoms with Crippen LogP contribution in [0.4, 0.5) is 5.69 Å². The lowest BCUT2D eigenvalue weighted by Gasteiger charge is -2.33. The molecular weight excluding hydrogens is 438 g/mol. The first-order valence-electron chi connectivity index (χ1n) is 11.0. The molecule has 0 radical (unpaired) electrons. The highest BCUT2D eigenvalue weighted by molar-refractivity contribution is 8.01. The van der Waals surface area contributed by atoms with E-state index in [4.69, 9.17) is 4.74 Å². The first-order valence-corrected chi connectivity index (χ1v) is 11.8. The number of hydrogen-bond acceptors (Lipinski definition) is 5. The van der Waals surface area contributed by atoms with E-state index < -0.39 is 10.7 Å². The molecule has 0 saturated carbocycles. The molecule has 2 N–H and O–H groups in total. The van der Waals surface area contributed by atoms with Gasteiger partial charge in [0.1, 0.15) is 4.75 Å². The molecule has 1 aromatic heterocycles. The molecule has 174 valence electrons. The van der Waals surface area contributed by atoms with Crippen molar-refractivity contribution in [1.29, 1.82) is 0 Å². The number of carboxylic acid groups (broad SMARTS) is 1. The number of anilines is 1. The number of nitrogens with one attached hydrogen (secondary N) is 1. The van der Waals surface area contributed by atoms with Gasteiger partial charge in [0.25, 0.3) is 5.91 Å². The number of benzene rings is 2. The van der Waals surface area contributed by atoms with Crippen molar-refractivity contribution < 1.29 is 19.4 Å². The van der Waals surface area contributed by atoms with Gasteiger partial charge >= 0.3 is 5.97 Å². The van der Waals surface area contributed by atoms with Crippen molar-refractivity contribution in [1.82, 2.24) is 9.47 Å². The van der Waals surface area contributed by atoms with Crippen molar-refractivity contribution in [2.75, 3.05) is 31.6 Å². The average Bonchev–Trinajstić information content (AvgIpc) is 3.20. The number of amides is 1. The van der Waals surface area contributed by atoms with E-state index in [-0.39, 0.29) is 12.1 Å². The van der Waals surface area contributed by atoms with Gasteiger partial charge in [0.15, 0.2) is 0 Å². The minimum absolute atomic E-state index is 0.0829. The highest BCUT2D eigenvalue weighted by Crippen LogP contribution is 2.37. The topological polar surface area (TPSA) is 83.8 Å². The number of nitrogens with zero attached hydrogens (tertiary/aromatic N) is 2. The van der Waals surface area contributed by atoms with Crippen LogP contribution >= 0.6 is 11.8 Å². The summed E-state index contributed by atoms with van der Waals surface area (Å²) in [6, 6.07) is 15.2. The second-order valence-corrected chi connectivity index (χ2v) is 10.3. The SMILES string of the molecule is CC(N1CCOCC1)n1cc(C(=O)Nc2ccccc2SC(C)(C)C(=O)O)c2ccccc21. The zero-order valence-electron chi connectivity index (χ0n) is 19.1. The maximum Gasteiger partial charge on any atom is 0.319 e. The summed E-state index contributed by atoms with van der Waals surface area (Å²) >= 11 is 1.21. The van der Waals surface area contributed by atoms with Gasteiger partial charge < -0.3 is 19.7 Å². The maximum atomic E-state index is 13.4. The number of para-hydroxylation sites is 2. The Labute approximate surface area is 197 Å². The molecule has 1 fully saturated rings. The van der Waals surface area contributed by atoms with Crippen LogP contribution in [0.25, 0.3) is 10.9 Å². The minimum atomic E-state index is -1.02. The number of rotatable bonds is 7. The molecule has 3 aromatic rings. The fraction of sp³-hybridized carbons (Fsp3) is 0.360. The summed E-state index contributed by atoms with van der Waals surface area (Å²) in [4.78, 5) is 28.1. The van der Waals surface area contributed by atoms with Gasteiger partial charge in [-0.1, -0.05) is 30.3 Å². The van der Waals surface area contributed by atoms with Crippen molar-refractivity contribution >= 4 is 40.2 Å². The Morgan fingerprint density at radius 1 is 1.09 bits per heavy atom. The second kappa shape index (κ2) is 9.59. The molecule has 1 unspecified atom stereocenters. The summed E-state index contributed by atoms with van der Waals surface area (Å²) in [7, 11) is 0. The van der Waals surface area contributed by atoms with Crippen LogP contribution in [-0.2, 0) is 9.53 Å². The van der Waals surface area contributed by atoms with E-state index in [0.717, 1.165) is 24.0 Å². The van der Waals surface area contributed by atoms with Crippen molar-refractivity contribution in [3.05, 3.63) is 60.3 Å². The molecule has 0 aliphatic carbocycles. The summed E-state index contributed by atoms with van der Waals surface area (Å²) in [5.41, 5.74) is 2.18. The smallest absolute Gasteiger partial charge is 0.319 e. The number of fused-ring (bicyclic) bond motifs is 1. The van der Waals surface area contributed by atoms with E-state index in [1.54, 1.807) is 19.9 Å². The lowest BCUT2D eigenvalue weighted by molar-refractivity contribution is -0.138. The number of hydrogen-bond donors (Lipinski definition) is 2. The Kier molecular flexibility index (Phi) is 6.78. The number of carbonyl (C=O) groups excluding carboxylic acids is 1. The van der Waals surface area contributed by atoms with E-state index >= 15 is 0 Å². The average molecular weight is 468 g/mol. The van der Waals surface area contributed by atoms with Crippen LogP contribution in [-0.4, -0.2) is 57.5 Å². The Balaban J connectivity index is 1.64. The molecule has 1 saturated heterocycles. The zero-order chi connectivity index (χ0) is 23.6. The third-order valence-corrected chi connectivity index (χ3v) is 7.24. The van der Waals surface area contributed by atoms with Crippen LogP contribution in [0.1, 0.15) is 37.3 Å². The van der Waals surface area contributed by atoms with Gasteiger partial charge in [0.2, 0.25) is 0 Å². The van der Waals surface area contributed by atoms with E-state index in [1.807, 2.05) is 48.7 Å². The van der Waals surface area contributed by atoms with E-state index in [9.17, 15) is 14.7 Å². The molecule has 1 aliphatic heterocycles. The molecule has 4 rings (SSSR count). The summed E-state index contributed by atoms with van der Waals surface area (Å²) in [6.45, 7) is 8.55. The molecule has 33 heavy (non-hydrogen) atoms. The predicted octanol–water partition coefficient (Wildman–Crippen LogP) is 4.70. The third kappa shape index (κ3) is 4.93. The van der Waals surface area contributed by atoms with Crippen LogP contribution in [0.2, 0.25) is 0 Å². The second-order valence-electron chi connectivity index (χ2n) is 8.62. The Bertz CT molecular complexity index is 1170. The quantitative estimate of drug-likeness (QED) is 0.490. The summed E-state index contributed by atoms with van der Waals surface area (Å²) in [6.07, 6.45) is 2.00. The first kappa shape index (κ1) is 23.4. The van der Waals surface area contributed by atoms with Crippen LogP contribution < -0.4 is 5.32 Å². The van der Waals surface area contributed by atoms with E-state index in [2.05, 4.69) is 21.7 Å². The van der Waals surface area contributed by atoms with Gasteiger partial charge in [-0.05, 0) is 39.0 Å². The Morgan fingerprint density at radius 3 is 2.48 bits per heavy atom. The van der Waals surface area contributed by atoms with Crippen LogP contribution in [0.5, 0.6) is 0 Å². The monoisotopic (exact) mass is 467 g/mol. The lowest BCUT2D eigenvalue weighted by atomic mass is 10.1. The van der Waals surface area contributed by atoms with Gasteiger partial charge in [-0.15, -0.1) is 11.8 Å². The third-order valence-electron chi connectivity index (χ3n) is 5.98. The fourth-order valence-electron chi connectivity index (χ4n) is 3.99. The van der Waals surface area contributed by atoms with Crippen LogP contribution in [0.15, 0.2) is 59.6 Å². The lowest BCUT2D eigenvalue weighted by Crippen LogP contribution is -2.40. The number of ether oxygens (including phenoxy) is 1. The number of aliphatic carboxylic acids is 1. The van der Waals surface area contributed by atoms with E-state index in [1.165, 1.54) is 11.8 Å². The highest BCUT2D eigenvalue weighted by atomic mass is 32.2. The number of carboxylic acids is 1. The number of aromatic nitrogens is 1. The zero-order valence-corrected chi connectivity index (χ0v) is 19.9. The number of thioether (sulfide) groups is 1. The standard InChI is InChI=1S/C25H29N3O4S/c1-17(27-12-14-32-15-13-27)28-16-19(18-8-4-6-10-21(18)28)23(29)26-20-9-5-7-11-22(20)33-25(2,3)24(30)31/h4-11,16-17H,12-15H2,1-3H3,(H,26,29)(H,30,31). The number of carbonyl (C=O) groups is 2. The largest absolute Gasteiger partial charge is 0.480 e. The minimum Gasteiger partial charge on any atom is -0.480 e. The molecule has 2 heterocycles. The van der Waals surface area contributed by atoms with Gasteiger partial charge in [-0.3, -0.25) is 14.5 Å². The van der Waals surface area contributed by atoms with Crippen molar-refractivity contribution in [3.8, 4) is 0 Å². The molecule has 2 aromatic carbocycles. The van der Waals surface area contributed by atoms with Gasteiger partial charge in [0, 0.05) is 29.6 Å². The van der Waals surface area contributed by atoms with Gasteiger partial charge in [-0.25, -0.2) is 0 Å². The van der Waals surface area contributed by atoms with Crippen LogP contribution in [0.3, 0.4) is 0 Å². The van der Waals surface area contributed by atoms with E-state index in [0.29, 0.717) is 29.4 Å². The Morgan fingerprint density at radius 2 is 1.76 bits per heavy atom. The highest BCUT2D eigenvalue weighted by Gasteiger charge is 2.30. The molecule has 0 spiro atoms. The molecule has 7 nitrogen and oxygen atoms in total. The van der Waals surface area contributed by atoms with Crippen molar-refractivity contribution in [3.63, 3.8) is 0 Å². The molecule has 1 aliphatic rings. The van der Waals surface area contributed by atoms with Crippen molar-refractivity contribution in [2.24, 2.45) is 0 Å². The molecule has 1 amide bonds.